The minimum absolute atomic E-state index is 0.312. The van der Waals surface area contributed by atoms with Gasteiger partial charge in [-0.1, -0.05) is 42.3 Å². The van der Waals surface area contributed by atoms with E-state index in [1.807, 2.05) is 6.92 Å². The van der Waals surface area contributed by atoms with E-state index in [0.717, 1.165) is 0 Å². The fourth-order valence-electron chi connectivity index (χ4n) is 1.41. The summed E-state index contributed by atoms with van der Waals surface area (Å²) in [6.07, 6.45) is -0.401. The van der Waals surface area contributed by atoms with E-state index in [0.29, 0.717) is 22.0 Å². The Balaban J connectivity index is 3.20. The number of hydrogen-bond acceptors (Lipinski definition) is 2. The second-order valence-electron chi connectivity index (χ2n) is 3.93. The summed E-state index contributed by atoms with van der Waals surface area (Å²) < 4.78 is 0. The number of aliphatic hydroxyl groups is 1. The third-order valence-corrected chi connectivity index (χ3v) is 3.70. The molecule has 4 heteroatoms. The first-order valence-corrected chi connectivity index (χ1v) is 5.75. The Hall–Kier alpha value is -0.750. The number of nitriles is 1. The minimum atomic E-state index is -0.936. The fraction of sp³-hybridized carbons (Fsp3) is 0.417. The smallest absolute Gasteiger partial charge is 0.0988 e. The molecule has 0 spiro atoms. The molecule has 16 heavy (non-hydrogen) atoms. The highest BCUT2D eigenvalue weighted by Gasteiger charge is 2.33. The number of hydrogen-bond donors (Lipinski definition) is 1. The molecule has 2 unspecified atom stereocenters. The van der Waals surface area contributed by atoms with Crippen LogP contribution >= 0.6 is 23.2 Å². The van der Waals surface area contributed by atoms with Gasteiger partial charge in [0.15, 0.2) is 0 Å². The van der Waals surface area contributed by atoms with Crippen molar-refractivity contribution < 1.29 is 5.11 Å². The number of aliphatic hydroxyl groups excluding tert-OH is 1. The molecule has 0 heterocycles. The topological polar surface area (TPSA) is 44.0 Å². The molecule has 0 radical (unpaired) electrons. The van der Waals surface area contributed by atoms with Crippen LogP contribution in [0.2, 0.25) is 10.0 Å². The van der Waals surface area contributed by atoms with Gasteiger partial charge >= 0.3 is 0 Å². The molecule has 0 saturated carbocycles. The molecule has 0 bridgehead atoms. The zero-order chi connectivity index (χ0) is 12.3. The van der Waals surface area contributed by atoms with Crippen molar-refractivity contribution in [3.63, 3.8) is 0 Å². The second kappa shape index (κ2) is 5.05. The lowest BCUT2D eigenvalue weighted by Crippen LogP contribution is -2.23. The van der Waals surface area contributed by atoms with Crippen LogP contribution in [0.3, 0.4) is 0 Å². The maximum Gasteiger partial charge on any atom is 0.0988 e. The number of benzene rings is 1. The first-order valence-electron chi connectivity index (χ1n) is 4.99. The van der Waals surface area contributed by atoms with E-state index < -0.39 is 11.5 Å². The molecule has 0 aliphatic rings. The maximum atomic E-state index is 10.2. The van der Waals surface area contributed by atoms with Gasteiger partial charge in [-0.15, -0.1) is 0 Å². The van der Waals surface area contributed by atoms with Gasteiger partial charge in [-0.3, -0.25) is 0 Å². The molecule has 86 valence electrons. The van der Waals surface area contributed by atoms with Crippen LogP contribution in [0, 0.1) is 16.7 Å². The standard InChI is InChI=1S/C12H13Cl2NO/c1-3-12(2,7-15)11(16)8-5-4-6-9(13)10(8)14/h4-6,11,16H,3H2,1-2H3. The molecule has 2 atom stereocenters. The largest absolute Gasteiger partial charge is 0.387 e. The van der Waals surface area contributed by atoms with Crippen LogP contribution < -0.4 is 0 Å². The molecular formula is C12H13Cl2NO. The third kappa shape index (κ3) is 2.32. The first-order chi connectivity index (χ1) is 7.46. The van der Waals surface area contributed by atoms with Gasteiger partial charge in [-0.05, 0) is 19.4 Å². The zero-order valence-electron chi connectivity index (χ0n) is 9.17. The zero-order valence-corrected chi connectivity index (χ0v) is 10.7. The highest BCUT2D eigenvalue weighted by molar-refractivity contribution is 6.42. The summed E-state index contributed by atoms with van der Waals surface area (Å²) in [4.78, 5) is 0. The van der Waals surface area contributed by atoms with E-state index in [-0.39, 0.29) is 0 Å². The van der Waals surface area contributed by atoms with Gasteiger partial charge in [0.1, 0.15) is 0 Å². The van der Waals surface area contributed by atoms with Crippen molar-refractivity contribution in [2.24, 2.45) is 5.41 Å². The molecular weight excluding hydrogens is 245 g/mol. The van der Waals surface area contributed by atoms with Gasteiger partial charge in [0.05, 0.1) is 27.6 Å². The highest BCUT2D eigenvalue weighted by Crippen LogP contribution is 2.40. The Morgan fingerprint density at radius 2 is 2.12 bits per heavy atom. The predicted octanol–water partition coefficient (Wildman–Crippen LogP) is 3.97. The van der Waals surface area contributed by atoms with Gasteiger partial charge in [0.2, 0.25) is 0 Å². The summed E-state index contributed by atoms with van der Waals surface area (Å²) in [6.45, 7) is 3.56. The van der Waals surface area contributed by atoms with Crippen LogP contribution in [0.15, 0.2) is 18.2 Å². The number of rotatable bonds is 3. The summed E-state index contributed by atoms with van der Waals surface area (Å²) in [6, 6.07) is 7.16. The normalized spacial score (nSPS) is 16.2. The van der Waals surface area contributed by atoms with E-state index in [1.54, 1.807) is 25.1 Å². The average molecular weight is 258 g/mol. The van der Waals surface area contributed by atoms with Crippen molar-refractivity contribution in [1.82, 2.24) is 0 Å². The molecule has 1 rings (SSSR count). The quantitative estimate of drug-likeness (QED) is 0.891. The molecule has 0 amide bonds. The van der Waals surface area contributed by atoms with E-state index in [9.17, 15) is 5.11 Å². The lowest BCUT2D eigenvalue weighted by atomic mass is 9.80. The van der Waals surface area contributed by atoms with E-state index in [1.165, 1.54) is 0 Å². The van der Waals surface area contributed by atoms with Crippen LogP contribution in [-0.4, -0.2) is 5.11 Å². The molecule has 0 fully saturated rings. The van der Waals surface area contributed by atoms with Crippen molar-refractivity contribution in [3.05, 3.63) is 33.8 Å². The monoisotopic (exact) mass is 257 g/mol. The maximum absolute atomic E-state index is 10.2. The van der Waals surface area contributed by atoms with Crippen LogP contribution in [0.25, 0.3) is 0 Å². The lowest BCUT2D eigenvalue weighted by Gasteiger charge is -2.27. The number of halogens is 2. The molecule has 2 nitrogen and oxygen atoms in total. The van der Waals surface area contributed by atoms with Crippen LogP contribution in [0.5, 0.6) is 0 Å². The number of nitrogens with zero attached hydrogens (tertiary/aromatic N) is 1. The SMILES string of the molecule is CCC(C)(C#N)C(O)c1cccc(Cl)c1Cl. The van der Waals surface area contributed by atoms with Crippen molar-refractivity contribution in [2.45, 2.75) is 26.4 Å². The lowest BCUT2D eigenvalue weighted by molar-refractivity contribution is 0.0723. The van der Waals surface area contributed by atoms with Crippen LogP contribution in [0.1, 0.15) is 31.9 Å². The van der Waals surface area contributed by atoms with Gasteiger partial charge in [0.25, 0.3) is 0 Å². The summed E-state index contributed by atoms with van der Waals surface area (Å²) in [5, 5.41) is 20.0. The fourth-order valence-corrected chi connectivity index (χ4v) is 1.82. The Bertz CT molecular complexity index is 428. The van der Waals surface area contributed by atoms with E-state index in [2.05, 4.69) is 6.07 Å². The first kappa shape index (κ1) is 13.3. The summed E-state index contributed by atoms with van der Waals surface area (Å²) in [5.74, 6) is 0. The Morgan fingerprint density at radius 3 is 2.62 bits per heavy atom. The minimum Gasteiger partial charge on any atom is -0.387 e. The van der Waals surface area contributed by atoms with Gasteiger partial charge in [0, 0.05) is 5.56 Å². The molecule has 0 saturated heterocycles. The Kier molecular flexibility index (Phi) is 4.21. The predicted molar refractivity (Wildman–Crippen MR) is 65.4 cm³/mol. The van der Waals surface area contributed by atoms with Gasteiger partial charge < -0.3 is 5.11 Å². The molecule has 1 N–H and O–H groups in total. The van der Waals surface area contributed by atoms with Crippen molar-refractivity contribution in [1.29, 1.82) is 5.26 Å². The Labute approximate surface area is 105 Å². The summed E-state index contributed by atoms with van der Waals surface area (Å²) >= 11 is 11.9. The molecule has 0 aliphatic carbocycles. The van der Waals surface area contributed by atoms with E-state index in [4.69, 9.17) is 28.5 Å². The van der Waals surface area contributed by atoms with E-state index >= 15 is 0 Å². The molecule has 0 aromatic heterocycles. The molecule has 0 aliphatic heterocycles. The molecule has 1 aromatic rings. The van der Waals surface area contributed by atoms with Crippen molar-refractivity contribution in [3.8, 4) is 6.07 Å². The summed E-state index contributed by atoms with van der Waals surface area (Å²) in [7, 11) is 0. The average Bonchev–Trinajstić information content (AvgIpc) is 2.31. The van der Waals surface area contributed by atoms with Crippen molar-refractivity contribution >= 4 is 23.2 Å². The van der Waals surface area contributed by atoms with Crippen LogP contribution in [-0.2, 0) is 0 Å². The van der Waals surface area contributed by atoms with Crippen LogP contribution in [0.4, 0.5) is 0 Å². The Morgan fingerprint density at radius 1 is 1.50 bits per heavy atom. The molecule has 1 aromatic carbocycles. The van der Waals surface area contributed by atoms with Gasteiger partial charge in [-0.2, -0.15) is 5.26 Å². The summed E-state index contributed by atoms with van der Waals surface area (Å²) in [5.41, 5.74) is -0.353. The van der Waals surface area contributed by atoms with Crippen molar-refractivity contribution in [2.75, 3.05) is 0 Å². The highest BCUT2D eigenvalue weighted by atomic mass is 35.5. The van der Waals surface area contributed by atoms with Gasteiger partial charge in [-0.25, -0.2) is 0 Å². The second-order valence-corrected chi connectivity index (χ2v) is 4.71. The third-order valence-electron chi connectivity index (χ3n) is 2.87.